The van der Waals surface area contributed by atoms with Gasteiger partial charge in [-0.2, -0.15) is 0 Å². The summed E-state index contributed by atoms with van der Waals surface area (Å²) in [5, 5.41) is 0. The summed E-state index contributed by atoms with van der Waals surface area (Å²) in [6.45, 7) is 0. The van der Waals surface area contributed by atoms with Gasteiger partial charge in [0.1, 0.15) is 17.3 Å². The molecule has 0 aromatic heterocycles. The van der Waals surface area contributed by atoms with Crippen molar-refractivity contribution in [1.29, 1.82) is 0 Å². The molecule has 2 aromatic carbocycles. The molecule has 0 unspecified atom stereocenters. The predicted octanol–water partition coefficient (Wildman–Crippen LogP) is 3.35. The van der Waals surface area contributed by atoms with Gasteiger partial charge in [-0.05, 0) is 24.3 Å². The first kappa shape index (κ1) is 12.2. The lowest BCUT2D eigenvalue weighted by Crippen LogP contribution is -1.94. The molecular weight excluding hydrogens is 240 g/mol. The number of benzene rings is 2. The summed E-state index contributed by atoms with van der Waals surface area (Å²) in [5.41, 5.74) is 6.09. The van der Waals surface area contributed by atoms with Crippen molar-refractivity contribution in [2.24, 2.45) is 0 Å². The van der Waals surface area contributed by atoms with Crippen LogP contribution in [0.4, 0.5) is 14.5 Å². The number of nitrogens with two attached hydrogens (primary N) is 1. The Balaban J connectivity index is 2.28. The molecule has 0 aliphatic heterocycles. The van der Waals surface area contributed by atoms with Crippen molar-refractivity contribution in [2.45, 2.75) is 0 Å². The summed E-state index contributed by atoms with van der Waals surface area (Å²) in [5.74, 6) is -0.717. The van der Waals surface area contributed by atoms with Crippen LogP contribution in [-0.2, 0) is 0 Å². The van der Waals surface area contributed by atoms with E-state index >= 15 is 0 Å². The van der Waals surface area contributed by atoms with Gasteiger partial charge in [0.2, 0.25) is 0 Å². The number of nitrogen functional groups attached to an aromatic ring is 1. The molecule has 5 heteroatoms. The van der Waals surface area contributed by atoms with E-state index in [2.05, 4.69) is 0 Å². The first-order valence-electron chi connectivity index (χ1n) is 5.16. The van der Waals surface area contributed by atoms with E-state index in [1.54, 1.807) is 12.1 Å². The molecule has 0 amide bonds. The Morgan fingerprint density at radius 3 is 2.44 bits per heavy atom. The van der Waals surface area contributed by atoms with Gasteiger partial charge >= 0.3 is 0 Å². The summed E-state index contributed by atoms with van der Waals surface area (Å²) in [6.07, 6.45) is 0. The number of rotatable bonds is 3. The Morgan fingerprint density at radius 2 is 1.78 bits per heavy atom. The number of halogens is 2. The monoisotopic (exact) mass is 251 g/mol. The molecular formula is C13H11F2NO2. The molecule has 3 nitrogen and oxygen atoms in total. The fourth-order valence-corrected chi connectivity index (χ4v) is 1.44. The van der Waals surface area contributed by atoms with E-state index in [9.17, 15) is 8.78 Å². The lowest BCUT2D eigenvalue weighted by Gasteiger charge is -2.09. The van der Waals surface area contributed by atoms with Crippen LogP contribution >= 0.6 is 0 Å². The third-order valence-corrected chi connectivity index (χ3v) is 2.33. The van der Waals surface area contributed by atoms with Crippen LogP contribution in [-0.4, -0.2) is 7.11 Å². The molecule has 0 heterocycles. The van der Waals surface area contributed by atoms with Gasteiger partial charge in [-0.3, -0.25) is 0 Å². The molecule has 0 saturated carbocycles. The van der Waals surface area contributed by atoms with Gasteiger partial charge in [-0.15, -0.1) is 0 Å². The molecule has 0 atom stereocenters. The molecule has 0 aliphatic carbocycles. The molecule has 0 aliphatic rings. The van der Waals surface area contributed by atoms with Crippen LogP contribution in [0.1, 0.15) is 0 Å². The lowest BCUT2D eigenvalue weighted by molar-refractivity contribution is 0.406. The van der Waals surface area contributed by atoms with E-state index < -0.39 is 11.6 Å². The van der Waals surface area contributed by atoms with Crippen LogP contribution in [0.25, 0.3) is 0 Å². The van der Waals surface area contributed by atoms with E-state index in [4.69, 9.17) is 15.2 Å². The second-order valence-electron chi connectivity index (χ2n) is 3.58. The maximum absolute atomic E-state index is 13.4. The summed E-state index contributed by atoms with van der Waals surface area (Å²) >= 11 is 0. The zero-order chi connectivity index (χ0) is 13.1. The zero-order valence-corrected chi connectivity index (χ0v) is 9.61. The maximum Gasteiger partial charge on any atom is 0.168 e. The van der Waals surface area contributed by atoms with Crippen LogP contribution in [0.3, 0.4) is 0 Å². The predicted molar refractivity (Wildman–Crippen MR) is 63.8 cm³/mol. The van der Waals surface area contributed by atoms with Crippen LogP contribution in [0, 0.1) is 11.6 Å². The topological polar surface area (TPSA) is 44.5 Å². The average Bonchev–Trinajstić information content (AvgIpc) is 2.35. The number of ether oxygens (including phenoxy) is 2. The summed E-state index contributed by atoms with van der Waals surface area (Å²) in [7, 11) is 1.47. The Bertz CT molecular complexity index is 573. The van der Waals surface area contributed by atoms with Crippen molar-refractivity contribution in [3.8, 4) is 17.2 Å². The van der Waals surface area contributed by atoms with E-state index in [1.165, 1.54) is 19.2 Å². The molecule has 0 fully saturated rings. The highest BCUT2D eigenvalue weighted by Crippen LogP contribution is 2.30. The maximum atomic E-state index is 13.4. The number of hydrogen-bond donors (Lipinski definition) is 1. The molecule has 0 radical (unpaired) electrons. The number of hydrogen-bond acceptors (Lipinski definition) is 3. The minimum atomic E-state index is -0.772. The van der Waals surface area contributed by atoms with Crippen molar-refractivity contribution in [3.63, 3.8) is 0 Å². The van der Waals surface area contributed by atoms with Crippen LogP contribution in [0.5, 0.6) is 17.2 Å². The van der Waals surface area contributed by atoms with Crippen LogP contribution in [0.2, 0.25) is 0 Å². The Hall–Kier alpha value is -2.30. The highest BCUT2D eigenvalue weighted by Gasteiger charge is 2.08. The SMILES string of the molecule is COc1cc(Oc2ccc(F)cc2F)ccc1N. The van der Waals surface area contributed by atoms with Gasteiger partial charge in [0.25, 0.3) is 0 Å². The van der Waals surface area contributed by atoms with Gasteiger partial charge in [-0.25, -0.2) is 8.78 Å². The van der Waals surface area contributed by atoms with Crippen molar-refractivity contribution in [1.82, 2.24) is 0 Å². The highest BCUT2D eigenvalue weighted by atomic mass is 19.1. The van der Waals surface area contributed by atoms with Gasteiger partial charge in [0.15, 0.2) is 11.6 Å². The standard InChI is InChI=1S/C13H11F2NO2/c1-17-13-7-9(3-4-11(13)16)18-12-5-2-8(14)6-10(12)15/h2-7H,16H2,1H3. The molecule has 0 saturated heterocycles. The number of methoxy groups -OCH3 is 1. The molecule has 2 aromatic rings. The molecule has 2 rings (SSSR count). The van der Waals surface area contributed by atoms with Crippen LogP contribution < -0.4 is 15.2 Å². The van der Waals surface area contributed by atoms with Gasteiger partial charge in [0, 0.05) is 12.1 Å². The number of anilines is 1. The minimum absolute atomic E-state index is 0.0665. The molecule has 0 spiro atoms. The van der Waals surface area contributed by atoms with Crippen molar-refractivity contribution in [3.05, 3.63) is 48.0 Å². The first-order valence-corrected chi connectivity index (χ1v) is 5.16. The van der Waals surface area contributed by atoms with Crippen molar-refractivity contribution >= 4 is 5.69 Å². The third kappa shape index (κ3) is 2.51. The molecule has 2 N–H and O–H groups in total. The Labute approximate surface area is 103 Å². The van der Waals surface area contributed by atoms with E-state index in [1.807, 2.05) is 0 Å². The molecule has 94 valence electrons. The summed E-state index contributed by atoms with van der Waals surface area (Å²) in [4.78, 5) is 0. The van der Waals surface area contributed by atoms with Crippen molar-refractivity contribution in [2.75, 3.05) is 12.8 Å². The van der Waals surface area contributed by atoms with E-state index in [-0.39, 0.29) is 5.75 Å². The first-order chi connectivity index (χ1) is 8.60. The second-order valence-corrected chi connectivity index (χ2v) is 3.58. The second kappa shape index (κ2) is 4.91. The molecule has 0 bridgehead atoms. The van der Waals surface area contributed by atoms with E-state index in [0.29, 0.717) is 17.2 Å². The Kier molecular flexibility index (Phi) is 3.32. The quantitative estimate of drug-likeness (QED) is 0.851. The van der Waals surface area contributed by atoms with Gasteiger partial charge in [0.05, 0.1) is 12.8 Å². The largest absolute Gasteiger partial charge is 0.494 e. The highest BCUT2D eigenvalue weighted by molar-refractivity contribution is 5.56. The lowest BCUT2D eigenvalue weighted by atomic mass is 10.2. The van der Waals surface area contributed by atoms with Gasteiger partial charge in [-0.1, -0.05) is 0 Å². The average molecular weight is 251 g/mol. The minimum Gasteiger partial charge on any atom is -0.494 e. The summed E-state index contributed by atoms with van der Waals surface area (Å²) < 4.78 is 36.4. The Morgan fingerprint density at radius 1 is 1.00 bits per heavy atom. The zero-order valence-electron chi connectivity index (χ0n) is 9.61. The van der Waals surface area contributed by atoms with E-state index in [0.717, 1.165) is 12.1 Å². The van der Waals surface area contributed by atoms with Crippen LogP contribution in [0.15, 0.2) is 36.4 Å². The fourth-order valence-electron chi connectivity index (χ4n) is 1.44. The van der Waals surface area contributed by atoms with Gasteiger partial charge < -0.3 is 15.2 Å². The summed E-state index contributed by atoms with van der Waals surface area (Å²) in [6, 6.07) is 7.76. The fraction of sp³-hybridized carbons (Fsp3) is 0.0769. The van der Waals surface area contributed by atoms with Crippen molar-refractivity contribution < 1.29 is 18.3 Å². The molecule has 18 heavy (non-hydrogen) atoms. The third-order valence-electron chi connectivity index (χ3n) is 2.33. The normalized spacial score (nSPS) is 10.2. The smallest absolute Gasteiger partial charge is 0.168 e.